The fourth-order valence-electron chi connectivity index (χ4n) is 15.7. The van der Waals surface area contributed by atoms with Gasteiger partial charge in [0, 0.05) is 168 Å². The maximum absolute atomic E-state index is 12.2. The first kappa shape index (κ1) is 99.5. The largest absolute Gasteiger partial charge is 0.493 e. The molecule has 0 aliphatic carbocycles. The Morgan fingerprint density at radius 3 is 1.13 bits per heavy atom. The monoisotopic (exact) mass is 1920 g/mol. The highest BCUT2D eigenvalue weighted by molar-refractivity contribution is 5.95. The van der Waals surface area contributed by atoms with E-state index in [1.165, 1.54) is 11.1 Å². The van der Waals surface area contributed by atoms with Gasteiger partial charge in [0.15, 0.2) is 11.5 Å². The molecule has 30 bridgehead atoms. The molecule has 5 aliphatic heterocycles. The summed E-state index contributed by atoms with van der Waals surface area (Å²) in [5.41, 5.74) is 19.5. The number of allylic oxidation sites excluding steroid dienone is 1. The van der Waals surface area contributed by atoms with Crippen LogP contribution in [0.3, 0.4) is 0 Å². The van der Waals surface area contributed by atoms with E-state index in [2.05, 4.69) is 177 Å². The van der Waals surface area contributed by atoms with Gasteiger partial charge in [-0.2, -0.15) is 0 Å². The summed E-state index contributed by atoms with van der Waals surface area (Å²) in [5, 5.41) is 27.9. The second kappa shape index (κ2) is 52.0. The summed E-state index contributed by atoms with van der Waals surface area (Å²) in [5.74, 6) is 5.29. The molecule has 0 fully saturated rings. The summed E-state index contributed by atoms with van der Waals surface area (Å²) < 4.78 is 28.9. The smallest absolute Gasteiger partial charge is 0.228 e. The number of nitrogens with zero attached hydrogens (tertiary/aromatic N) is 12. The summed E-state index contributed by atoms with van der Waals surface area (Å²) >= 11 is 0. The summed E-state index contributed by atoms with van der Waals surface area (Å²) in [6.07, 6.45) is 31.1. The number of methoxy groups -OCH3 is 1. The van der Waals surface area contributed by atoms with Crippen LogP contribution in [-0.4, -0.2) is 144 Å². The maximum Gasteiger partial charge on any atom is 0.228 e. The van der Waals surface area contributed by atoms with Crippen molar-refractivity contribution in [1.29, 1.82) is 0 Å². The SMILES string of the molecule is CN1C/C=C/CCOc2cccc(c2)-c2ccnc(n2)Nc2cccc(c2)C1.COc1ccc2cc1OCC/C=C/CN(C)Cc1cccc(c1)Nc1nccc-2n1.O=C1C/C=C/CC(=O)Nc2cccc(c2)-c2ccnc(n2)Nc2cccc(c2)N1.O=C1CC/C=C/COc2cccc(c2)-c2ccnc(n2)Nc2cccc(c2)N1.O=C1CCCCCOCc2cccc(c2)Nc2nccc(n2)-c2cccc(c2)N1. The zero-order valence-corrected chi connectivity index (χ0v) is 80.4. The first-order chi connectivity index (χ1) is 70.6. The van der Waals surface area contributed by atoms with Gasteiger partial charge >= 0.3 is 0 Å². The maximum atomic E-state index is 12.2. The van der Waals surface area contributed by atoms with Crippen molar-refractivity contribution in [2.24, 2.45) is 0 Å². The molecule has 5 aliphatic rings. The molecule has 144 heavy (non-hydrogen) atoms. The number of hydrogen-bond acceptors (Lipinski definition) is 26. The van der Waals surface area contributed by atoms with E-state index in [1.54, 1.807) is 56.3 Å². The molecule has 0 radical (unpaired) electrons. The third-order valence-corrected chi connectivity index (χ3v) is 22.7. The minimum Gasteiger partial charge on any atom is -0.493 e. The molecule has 30 nitrogen and oxygen atoms in total. The van der Waals surface area contributed by atoms with Gasteiger partial charge in [-0.05, 0) is 233 Å². The number of ether oxygens (including phenoxy) is 5. The van der Waals surface area contributed by atoms with Crippen LogP contribution in [0.2, 0.25) is 0 Å². The van der Waals surface area contributed by atoms with Gasteiger partial charge in [0.2, 0.25) is 53.4 Å². The van der Waals surface area contributed by atoms with Crippen molar-refractivity contribution in [3.05, 3.63) is 363 Å². The number of amides is 4. The second-order valence-corrected chi connectivity index (χ2v) is 34.2. The highest BCUT2D eigenvalue weighted by atomic mass is 16.5. The second-order valence-electron chi connectivity index (χ2n) is 34.2. The van der Waals surface area contributed by atoms with Crippen LogP contribution in [0.5, 0.6) is 23.0 Å². The molecule has 0 atom stereocenters. The van der Waals surface area contributed by atoms with Crippen LogP contribution in [0, 0.1) is 0 Å². The third kappa shape index (κ3) is 31.5. The number of aromatic nitrogens is 10. The molecule has 0 saturated carbocycles. The Bertz CT molecular complexity index is 7020. The van der Waals surface area contributed by atoms with Crippen molar-refractivity contribution in [3.63, 3.8) is 0 Å². The number of carbonyl (C=O) groups excluding carboxylic acids is 4. The van der Waals surface area contributed by atoms with Crippen molar-refractivity contribution >= 4 is 105 Å². The molecule has 30 heteroatoms. The van der Waals surface area contributed by atoms with Gasteiger partial charge in [-0.1, -0.05) is 152 Å². The van der Waals surface area contributed by atoms with Gasteiger partial charge in [0.25, 0.3) is 0 Å². The van der Waals surface area contributed by atoms with Crippen LogP contribution in [0.1, 0.15) is 80.9 Å². The van der Waals surface area contributed by atoms with E-state index >= 15 is 0 Å². The minimum atomic E-state index is -0.161. The Hall–Kier alpha value is -17.5. The van der Waals surface area contributed by atoms with Crippen molar-refractivity contribution in [2.75, 3.05) is 109 Å². The molecule has 0 spiro atoms. The van der Waals surface area contributed by atoms with Crippen molar-refractivity contribution in [3.8, 4) is 79.3 Å². The van der Waals surface area contributed by atoms with E-state index in [0.29, 0.717) is 105 Å². The molecule has 20 rings (SSSR count). The van der Waals surface area contributed by atoms with Gasteiger partial charge in [0.05, 0.1) is 55.4 Å². The van der Waals surface area contributed by atoms with Gasteiger partial charge in [-0.15, -0.1) is 0 Å². The number of likely N-dealkylation sites (N-methyl/N-ethyl adjacent to an activating group) is 2. The molecule has 0 saturated heterocycles. The average molecular weight is 1920 g/mol. The molecule has 10 heterocycles. The lowest BCUT2D eigenvalue weighted by molar-refractivity contribution is -0.117. The van der Waals surface area contributed by atoms with Crippen LogP contribution in [0.4, 0.5) is 80.9 Å². The zero-order valence-electron chi connectivity index (χ0n) is 80.4. The molecule has 0 unspecified atom stereocenters. The van der Waals surface area contributed by atoms with Crippen LogP contribution < -0.4 is 66.8 Å². The molecule has 10 aromatic carbocycles. The van der Waals surface area contributed by atoms with Crippen molar-refractivity contribution < 1.29 is 42.9 Å². The summed E-state index contributed by atoms with van der Waals surface area (Å²) in [6.45, 7) is 6.45. The molecule has 5 aromatic heterocycles. The lowest BCUT2D eigenvalue weighted by Gasteiger charge is -2.16. The van der Waals surface area contributed by atoms with Crippen LogP contribution in [0.15, 0.2) is 347 Å². The zero-order chi connectivity index (χ0) is 99.1. The highest BCUT2D eigenvalue weighted by Crippen LogP contribution is 2.35. The molecular weight excluding hydrogens is 1810 g/mol. The van der Waals surface area contributed by atoms with Crippen molar-refractivity contribution in [2.45, 2.75) is 83.9 Å². The Balaban J connectivity index is 0.000000129. The quantitative estimate of drug-likeness (QED) is 0.0689. The van der Waals surface area contributed by atoms with Gasteiger partial charge in [-0.3, -0.25) is 29.0 Å². The fraction of sp³-hybridized carbons (Fsp3) is 0.193. The molecule has 728 valence electrons. The molecule has 15 aromatic rings. The lowest BCUT2D eigenvalue weighted by atomic mass is 10.1. The minimum absolute atomic E-state index is 0.0297. The van der Waals surface area contributed by atoms with E-state index in [4.69, 9.17) is 28.7 Å². The Morgan fingerprint density at radius 1 is 0.299 bits per heavy atom. The van der Waals surface area contributed by atoms with Gasteiger partial charge in [0.1, 0.15) is 18.1 Å². The van der Waals surface area contributed by atoms with Crippen LogP contribution in [0.25, 0.3) is 56.3 Å². The number of anilines is 14. The summed E-state index contributed by atoms with van der Waals surface area (Å²) in [6, 6.07) is 85.8. The van der Waals surface area contributed by atoms with Gasteiger partial charge < -0.3 is 71.5 Å². The first-order valence-corrected chi connectivity index (χ1v) is 47.9. The van der Waals surface area contributed by atoms with E-state index < -0.39 is 0 Å². The van der Waals surface area contributed by atoms with E-state index in [0.717, 1.165) is 171 Å². The first-order valence-electron chi connectivity index (χ1n) is 47.9. The van der Waals surface area contributed by atoms with Crippen LogP contribution in [-0.2, 0) is 43.6 Å². The van der Waals surface area contributed by atoms with E-state index in [9.17, 15) is 19.2 Å². The average Bonchev–Trinajstić information content (AvgIpc) is 0.849. The van der Waals surface area contributed by atoms with Gasteiger partial charge in [-0.25, -0.2) is 49.8 Å². The standard InChI is InChI=1S/C24H26N4O2.C23H24N4O2.C23H24N4O.C22H19N5O2.C22H20N4O2/c1-28-13-4-3-5-14-30-23-16-19(9-10-22(23)29-2)21-11-12-25-24(27-21)26-20-8-6-7-18(15-20)17-28;28-22-10-2-1-3-13-29-16-17-6-4-8-19(14-17)26-23-24-12-11-21(27-23)18-7-5-9-20(15-18)25-22;1-27-13-3-2-4-14-28-21-10-6-8-19(16-21)22-11-12-24-23(26-22)25-20-9-5-7-18(15-20)17-27;28-20-9-1-2-10-21(29)25-17-7-4-8-18(14-17)26-22-23-12-11-19(27-22)15-5-3-6-16(13-15)24-20;27-21-10-2-1-3-13-28-19-9-4-6-16(14-19)20-11-12-23-22(26-20)25-18-8-5-7-17(15-18)24-21/h3-4,6-12,15-16H,5,13-14,17H2,1-2H3,(H,25,26,27);4-9,11-12,14-15H,1-3,10,13,16H2,(H,25,28)(H,24,26,27);2-3,5-12,15-16H,4,13-14,17H2,1H3,(H,24,25,26);1-8,11-14H,9-10H2,(H,24,28)(H,25,29)(H,23,26,27);1,3-9,11-12,14-15H,2,10,13H2,(H,24,27)(H,23,25,26)/b4-3+;;3-2+;2-1+;3-1+. The summed E-state index contributed by atoms with van der Waals surface area (Å²) in [4.78, 5) is 98.0. The molecule has 4 amide bonds. The summed E-state index contributed by atoms with van der Waals surface area (Å²) in [7, 11) is 5.89. The highest BCUT2D eigenvalue weighted by Gasteiger charge is 2.18. The molecule has 9 N–H and O–H groups in total. The normalized spacial score (nSPS) is 15.5. The Kier molecular flexibility index (Phi) is 35.9. The number of carbonyl (C=O) groups is 4. The number of nitrogens with one attached hydrogen (secondary N) is 9. The third-order valence-electron chi connectivity index (χ3n) is 22.7. The predicted molar refractivity (Wildman–Crippen MR) is 569 cm³/mol. The Morgan fingerprint density at radius 2 is 0.667 bits per heavy atom. The number of fused-ring (bicyclic) bond motifs is 35. The number of benzene rings is 10. The fourth-order valence-corrected chi connectivity index (χ4v) is 15.7. The number of rotatable bonds is 1. The van der Waals surface area contributed by atoms with E-state index in [-0.39, 0.29) is 36.5 Å². The van der Waals surface area contributed by atoms with E-state index in [1.807, 2.05) is 237 Å². The van der Waals surface area contributed by atoms with Crippen LogP contribution >= 0.6 is 0 Å². The number of hydrogen-bond donors (Lipinski definition) is 9. The topological polar surface area (TPSA) is 358 Å². The lowest BCUT2D eigenvalue weighted by Crippen LogP contribution is -2.17. The Labute approximate surface area is 837 Å². The predicted octanol–water partition coefficient (Wildman–Crippen LogP) is 22.9. The molecular formula is C114H113N21O9. The van der Waals surface area contributed by atoms with Crippen molar-refractivity contribution in [1.82, 2.24) is 59.6 Å².